The molecule has 3 amide bonds. The molecule has 1 aromatic heterocycles. The van der Waals surface area contributed by atoms with Crippen LogP contribution in [0.4, 0.5) is 4.79 Å². The van der Waals surface area contributed by atoms with E-state index in [1.54, 1.807) is 9.91 Å². The van der Waals surface area contributed by atoms with Crippen LogP contribution in [0.2, 0.25) is 0 Å². The maximum Gasteiger partial charge on any atom is 0.318 e. The van der Waals surface area contributed by atoms with Crippen LogP contribution < -0.4 is 5.32 Å². The summed E-state index contributed by atoms with van der Waals surface area (Å²) < 4.78 is 7.45. The van der Waals surface area contributed by atoms with Crippen molar-refractivity contribution in [1.82, 2.24) is 24.7 Å². The molecule has 0 saturated carbocycles. The predicted molar refractivity (Wildman–Crippen MR) is 140 cm³/mol. The number of carbonyl (C=O) groups excluding carboxylic acids is 2. The van der Waals surface area contributed by atoms with Crippen molar-refractivity contribution in [2.45, 2.75) is 39.3 Å². The number of nitrogens with one attached hydrogen (secondary N) is 1. The first-order chi connectivity index (χ1) is 17.3. The second-order valence-corrected chi connectivity index (χ2v) is 9.90. The molecule has 1 fully saturated rings. The summed E-state index contributed by atoms with van der Waals surface area (Å²) in [6.45, 7) is 10.1. The van der Waals surface area contributed by atoms with Crippen LogP contribution in [0.1, 0.15) is 43.1 Å². The molecule has 2 aliphatic heterocycles. The van der Waals surface area contributed by atoms with Gasteiger partial charge in [0.15, 0.2) is 0 Å². The highest BCUT2D eigenvalue weighted by molar-refractivity contribution is 6.02. The molecule has 2 aromatic rings. The lowest BCUT2D eigenvalue weighted by Gasteiger charge is -2.31. The Hall–Kier alpha value is -3.17. The number of rotatable bonds is 8. The topological polar surface area (TPSA) is 82.4 Å². The summed E-state index contributed by atoms with van der Waals surface area (Å²) in [5.74, 6) is -0.189. The van der Waals surface area contributed by atoms with Gasteiger partial charge >= 0.3 is 6.03 Å². The zero-order valence-corrected chi connectivity index (χ0v) is 21.8. The summed E-state index contributed by atoms with van der Waals surface area (Å²) >= 11 is 0. The number of hydrogen-bond acceptors (Lipinski definition) is 5. The van der Waals surface area contributed by atoms with Crippen molar-refractivity contribution in [1.29, 1.82) is 0 Å². The van der Waals surface area contributed by atoms with Crippen molar-refractivity contribution < 1.29 is 14.3 Å². The molecule has 0 aliphatic carbocycles. The average Bonchev–Trinajstić information content (AvgIpc) is 3.48. The fourth-order valence-electron chi connectivity index (χ4n) is 4.62. The predicted octanol–water partition coefficient (Wildman–Crippen LogP) is 2.76. The number of urea groups is 1. The zero-order chi connectivity index (χ0) is 25.7. The van der Waals surface area contributed by atoms with Gasteiger partial charge in [-0.2, -0.15) is 5.10 Å². The maximum absolute atomic E-state index is 13.7. The highest BCUT2D eigenvalue weighted by atomic mass is 16.5. The summed E-state index contributed by atoms with van der Waals surface area (Å²) in [5.41, 5.74) is 4.06. The zero-order valence-electron chi connectivity index (χ0n) is 21.8. The van der Waals surface area contributed by atoms with Crippen LogP contribution >= 0.6 is 0 Å². The van der Waals surface area contributed by atoms with Gasteiger partial charge < -0.3 is 19.5 Å². The smallest absolute Gasteiger partial charge is 0.318 e. The van der Waals surface area contributed by atoms with Crippen LogP contribution in [0.3, 0.4) is 0 Å². The summed E-state index contributed by atoms with van der Waals surface area (Å²) in [6.07, 6.45) is 2.60. The summed E-state index contributed by atoms with van der Waals surface area (Å²) in [4.78, 5) is 30.6. The second kappa shape index (κ2) is 11.7. The highest BCUT2D eigenvalue weighted by Gasteiger charge is 2.35. The minimum atomic E-state index is -0.232. The van der Waals surface area contributed by atoms with E-state index in [1.807, 2.05) is 50.7 Å². The monoisotopic (exact) mass is 494 g/mol. The molecular weight excluding hydrogens is 456 g/mol. The minimum Gasteiger partial charge on any atom is -0.379 e. The van der Waals surface area contributed by atoms with E-state index in [-0.39, 0.29) is 30.6 Å². The van der Waals surface area contributed by atoms with E-state index in [0.29, 0.717) is 32.7 Å². The molecule has 0 spiro atoms. The Bertz CT molecular complexity index is 1070. The first-order valence-corrected chi connectivity index (χ1v) is 12.7. The van der Waals surface area contributed by atoms with Gasteiger partial charge in [-0.05, 0) is 38.5 Å². The van der Waals surface area contributed by atoms with Gasteiger partial charge in [-0.25, -0.2) is 9.80 Å². The van der Waals surface area contributed by atoms with Crippen molar-refractivity contribution in [3.05, 3.63) is 59.4 Å². The number of amides is 3. The molecule has 1 atom stereocenters. The molecule has 0 radical (unpaired) electrons. The van der Waals surface area contributed by atoms with Gasteiger partial charge in [-0.1, -0.05) is 29.8 Å². The number of nitrogens with zero attached hydrogens (tertiary/aromatic N) is 5. The van der Waals surface area contributed by atoms with Crippen LogP contribution in [0.5, 0.6) is 0 Å². The van der Waals surface area contributed by atoms with Gasteiger partial charge in [0.2, 0.25) is 0 Å². The highest BCUT2D eigenvalue weighted by Crippen LogP contribution is 2.33. The Morgan fingerprint density at radius 1 is 1.17 bits per heavy atom. The number of morpholine rings is 1. The summed E-state index contributed by atoms with van der Waals surface area (Å²) in [5, 5.41) is 9.32. The fraction of sp³-hybridized carbons (Fsp3) is 0.519. The van der Waals surface area contributed by atoms with E-state index < -0.39 is 0 Å². The number of hydrogen-bond donors (Lipinski definition) is 1. The third kappa shape index (κ3) is 6.33. The van der Waals surface area contributed by atoms with Gasteiger partial charge in [0, 0.05) is 51.9 Å². The molecule has 0 bridgehead atoms. The van der Waals surface area contributed by atoms with Crippen molar-refractivity contribution in [2.24, 2.45) is 12.1 Å². The number of aryl methyl sites for hydroxylation is 2. The SMILES string of the molecule is Cc1ccc([C@@H]2CC(c3cccn3C)=NN2C(=O)CN(CCN2CCOCC2)C(=O)NC(C)C)cc1. The van der Waals surface area contributed by atoms with Crippen molar-refractivity contribution in [2.75, 3.05) is 45.9 Å². The molecule has 36 heavy (non-hydrogen) atoms. The largest absolute Gasteiger partial charge is 0.379 e. The van der Waals surface area contributed by atoms with Crippen molar-refractivity contribution in [3.63, 3.8) is 0 Å². The summed E-state index contributed by atoms with van der Waals surface area (Å²) in [7, 11) is 1.98. The lowest BCUT2D eigenvalue weighted by atomic mass is 9.99. The standard InChI is InChI=1S/C27H38N6O3/c1-20(2)28-27(35)32(13-12-31-14-16-36-17-15-31)19-26(34)33-25(22-9-7-21(3)8-10-22)18-23(29-33)24-6-5-11-30(24)4/h5-11,20,25H,12-19H2,1-4H3,(H,28,35)/t25-/m0/s1. The molecule has 1 aromatic carbocycles. The molecule has 9 nitrogen and oxygen atoms in total. The lowest BCUT2D eigenvalue weighted by Crippen LogP contribution is -2.50. The Kier molecular flexibility index (Phi) is 8.43. The van der Waals surface area contributed by atoms with Crippen LogP contribution in [-0.4, -0.2) is 89.0 Å². The molecule has 2 aliphatic rings. The van der Waals surface area contributed by atoms with Crippen molar-refractivity contribution in [3.8, 4) is 0 Å². The third-order valence-electron chi connectivity index (χ3n) is 6.68. The number of hydrazone groups is 1. The lowest BCUT2D eigenvalue weighted by molar-refractivity contribution is -0.133. The van der Waals surface area contributed by atoms with Crippen LogP contribution in [0.15, 0.2) is 47.7 Å². The van der Waals surface area contributed by atoms with Gasteiger partial charge in [0.05, 0.1) is 30.7 Å². The van der Waals surface area contributed by atoms with E-state index in [9.17, 15) is 9.59 Å². The minimum absolute atomic E-state index is 0.0208. The van der Waals surface area contributed by atoms with Gasteiger partial charge in [-0.15, -0.1) is 0 Å². The maximum atomic E-state index is 13.7. The molecule has 194 valence electrons. The van der Waals surface area contributed by atoms with Crippen LogP contribution in [0.25, 0.3) is 0 Å². The molecular formula is C27H38N6O3. The van der Waals surface area contributed by atoms with Gasteiger partial charge in [0.1, 0.15) is 6.54 Å². The number of aromatic nitrogens is 1. The van der Waals surface area contributed by atoms with Gasteiger partial charge in [-0.3, -0.25) is 9.69 Å². The third-order valence-corrected chi connectivity index (χ3v) is 6.68. The molecule has 1 saturated heterocycles. The molecule has 9 heteroatoms. The van der Waals surface area contributed by atoms with E-state index in [2.05, 4.69) is 34.5 Å². The number of benzene rings is 1. The fourth-order valence-corrected chi connectivity index (χ4v) is 4.62. The average molecular weight is 495 g/mol. The Balaban J connectivity index is 1.54. The van der Waals surface area contributed by atoms with Gasteiger partial charge in [0.25, 0.3) is 5.91 Å². The molecule has 4 rings (SSSR count). The quantitative estimate of drug-likeness (QED) is 0.612. The normalized spacial score (nSPS) is 18.4. The van der Waals surface area contributed by atoms with E-state index in [1.165, 1.54) is 0 Å². The summed E-state index contributed by atoms with van der Waals surface area (Å²) in [6, 6.07) is 11.8. The first kappa shape index (κ1) is 25.9. The van der Waals surface area contributed by atoms with Crippen LogP contribution in [0, 0.1) is 6.92 Å². The number of carbonyl (C=O) groups is 2. The first-order valence-electron chi connectivity index (χ1n) is 12.7. The molecule has 3 heterocycles. The van der Waals surface area contributed by atoms with E-state index in [4.69, 9.17) is 9.84 Å². The second-order valence-electron chi connectivity index (χ2n) is 9.90. The van der Waals surface area contributed by atoms with E-state index >= 15 is 0 Å². The Morgan fingerprint density at radius 3 is 2.53 bits per heavy atom. The number of ether oxygens (including phenoxy) is 1. The Labute approximate surface area is 213 Å². The molecule has 0 unspecified atom stereocenters. The Morgan fingerprint density at radius 2 is 1.89 bits per heavy atom. The van der Waals surface area contributed by atoms with Crippen LogP contribution in [-0.2, 0) is 16.6 Å². The van der Waals surface area contributed by atoms with E-state index in [0.717, 1.165) is 35.6 Å². The molecule has 1 N–H and O–H groups in total. The van der Waals surface area contributed by atoms with Crippen molar-refractivity contribution >= 4 is 17.6 Å².